The molecule has 1 aromatic heterocycles. The Bertz CT molecular complexity index is 4120. The monoisotopic (exact) mass is 1620 g/mol. The van der Waals surface area contributed by atoms with E-state index in [1.807, 2.05) is 74.7 Å². The highest BCUT2D eigenvalue weighted by Gasteiger charge is 2.40. The number of Topliss-reactive ketones (excluding diaryl/α,β-unsaturated/α-hetero) is 1. The Morgan fingerprint density at radius 3 is 1.57 bits per heavy atom. The van der Waals surface area contributed by atoms with Gasteiger partial charge in [-0.25, -0.2) is 9.59 Å². The molecule has 2 unspecified atom stereocenters. The van der Waals surface area contributed by atoms with E-state index in [2.05, 4.69) is 20.1 Å². The Hall–Kier alpha value is -7.61. The third-order valence-corrected chi connectivity index (χ3v) is 21.9. The molecule has 32 heteroatoms. The summed E-state index contributed by atoms with van der Waals surface area (Å²) in [6.45, 7) is 10.3. The van der Waals surface area contributed by atoms with E-state index in [0.29, 0.717) is 115 Å². The van der Waals surface area contributed by atoms with Gasteiger partial charge in [-0.3, -0.25) is 38.5 Å². The smallest absolute Gasteiger partial charge is 0.415 e. The lowest BCUT2D eigenvalue weighted by Gasteiger charge is -2.27. The third-order valence-electron chi connectivity index (χ3n) is 18.9. The predicted octanol–water partition coefficient (Wildman–Crippen LogP) is 10.6. The van der Waals surface area contributed by atoms with E-state index in [1.165, 1.54) is 40.7 Å². The number of likely N-dealkylation sites (tertiary alicyclic amines) is 1. The average molecular weight is 1620 g/mol. The molecule has 0 saturated carbocycles. The summed E-state index contributed by atoms with van der Waals surface area (Å²) in [4.78, 5) is 130. The van der Waals surface area contributed by atoms with Gasteiger partial charge in [0.05, 0.1) is 141 Å². The number of ether oxygens (including phenoxy) is 10. The first-order valence-electron chi connectivity index (χ1n) is 36.6. The number of alkyl halides is 2. The quantitative estimate of drug-likeness (QED) is 0.0155. The fourth-order valence-corrected chi connectivity index (χ4v) is 15.3. The number of benzene rings is 5. The van der Waals surface area contributed by atoms with Crippen LogP contribution in [0.5, 0.6) is 11.5 Å². The molecule has 9 rings (SSSR count). The minimum Gasteiger partial charge on any atom is -0.480 e. The summed E-state index contributed by atoms with van der Waals surface area (Å²) >= 11 is 15.7. The number of fused-ring (bicyclic) bond motifs is 6. The predicted molar refractivity (Wildman–Crippen MR) is 425 cm³/mol. The minimum atomic E-state index is -0.825. The zero-order chi connectivity index (χ0) is 78.6. The van der Waals surface area contributed by atoms with Gasteiger partial charge >= 0.3 is 12.2 Å². The molecule has 0 radical (unpaired) electrons. The summed E-state index contributed by atoms with van der Waals surface area (Å²) in [5, 5.41) is 8.56. The number of nitrogens with one attached hydrogen (secondary N) is 2. The third kappa shape index (κ3) is 23.3. The van der Waals surface area contributed by atoms with Crippen molar-refractivity contribution in [2.24, 2.45) is 11.8 Å². The molecule has 3 aliphatic heterocycles. The van der Waals surface area contributed by atoms with Crippen molar-refractivity contribution >= 4 is 148 Å². The molecule has 6 atom stereocenters. The number of nitrogens with zero attached hydrogens (tertiary/aromatic N) is 5. The van der Waals surface area contributed by atoms with Crippen molar-refractivity contribution in [3.8, 4) is 11.5 Å². The lowest BCUT2D eigenvalue weighted by atomic mass is 9.92. The maximum atomic E-state index is 14.8. The number of anilines is 3. The first kappa shape index (κ1) is 86.4. The number of methoxy groups -OCH3 is 2. The molecule has 8 amide bonds. The van der Waals surface area contributed by atoms with Crippen LogP contribution in [0.1, 0.15) is 87.9 Å². The van der Waals surface area contributed by atoms with Crippen molar-refractivity contribution < 1.29 is 95.0 Å². The Balaban J connectivity index is 0.682. The molecular formula is C78H98Cl2N7O20PS2. The molecule has 27 nitrogen and oxygen atoms in total. The average Bonchev–Trinajstić information content (AvgIpc) is 1.58. The topological polar surface area (TPSA) is 295 Å². The van der Waals surface area contributed by atoms with E-state index < -0.39 is 30.1 Å². The van der Waals surface area contributed by atoms with Crippen molar-refractivity contribution in [1.82, 2.24) is 20.0 Å². The van der Waals surface area contributed by atoms with E-state index in [9.17, 15) is 43.2 Å². The van der Waals surface area contributed by atoms with Gasteiger partial charge in [0.15, 0.2) is 5.78 Å². The summed E-state index contributed by atoms with van der Waals surface area (Å²) in [5.41, 5.74) is 4.03. The molecule has 3 aliphatic rings. The van der Waals surface area contributed by atoms with Crippen LogP contribution < -0.4 is 29.7 Å². The van der Waals surface area contributed by atoms with Gasteiger partial charge in [0.25, 0.3) is 11.8 Å². The number of ketones is 1. The number of imide groups is 1. The van der Waals surface area contributed by atoms with Gasteiger partial charge in [-0.2, -0.15) is 11.8 Å². The number of halogens is 2. The van der Waals surface area contributed by atoms with Gasteiger partial charge in [0.1, 0.15) is 18.1 Å². The van der Waals surface area contributed by atoms with Crippen LogP contribution in [0.4, 0.5) is 26.7 Å². The highest BCUT2D eigenvalue weighted by atomic mass is 35.5. The Kier molecular flexibility index (Phi) is 34.6. The lowest BCUT2D eigenvalue weighted by molar-refractivity contribution is -0.139. The molecule has 6 aromatic rings. The van der Waals surface area contributed by atoms with Gasteiger partial charge in [-0.15, -0.1) is 34.5 Å². The second-order valence-corrected chi connectivity index (χ2v) is 29.7. The zero-order valence-corrected chi connectivity index (χ0v) is 67.1. The standard InChI is InChI=1S/C78H98Cl2N7O20PS2/c1-50(2)72(82-68(89)21-27-99-31-33-101-35-37-103-39-40-104-38-36-102-34-32-100-30-26-85-69(90)44-67(109-6)76(85)94)62(88)41-51(3)73(91)81-55-17-15-52(16-18-55)49-105-77(95)83(24-28-97-4)22-23-84(25-29-98-5)78(96)106-63-42-60-70(58-13-9-7-11-56(58)63)53(45-79)47-86(60)74(92)65-19-20-66(110-65)75(93)87-48-54(46-80)71-59-14-10-8-12-57(59)64(107-108)43-61(71)87/h7-20,42-43,50-51,53-54,67,72H,21-41,44-49,108H2,1-6H3,(H,81,91)(H,82,89)/t51-,53-,54-,67?,72+/m1/s1. The van der Waals surface area contributed by atoms with Gasteiger partial charge in [0.2, 0.25) is 23.6 Å². The number of carbonyl (C=O) groups is 9. The van der Waals surface area contributed by atoms with Gasteiger partial charge in [-0.05, 0) is 63.9 Å². The van der Waals surface area contributed by atoms with Crippen molar-refractivity contribution in [2.45, 2.75) is 69.8 Å². The minimum absolute atomic E-state index is 0.00378. The second kappa shape index (κ2) is 44.0. The van der Waals surface area contributed by atoms with Crippen LogP contribution in [-0.2, 0) is 73.2 Å². The van der Waals surface area contributed by atoms with E-state index in [0.717, 1.165) is 38.6 Å². The normalized spacial score (nSPS) is 15.8. The maximum absolute atomic E-state index is 14.8. The van der Waals surface area contributed by atoms with Crippen molar-refractivity contribution in [3.63, 3.8) is 0 Å². The van der Waals surface area contributed by atoms with Crippen LogP contribution in [-0.4, -0.2) is 250 Å². The summed E-state index contributed by atoms with van der Waals surface area (Å²) in [6.07, 6.45) is 0.524. The molecule has 1 fully saturated rings. The molecule has 1 saturated heterocycles. The fraction of sp³-hybridized carbons (Fsp3) is 0.500. The molecule has 596 valence electrons. The highest BCUT2D eigenvalue weighted by molar-refractivity contribution is 8.00. The summed E-state index contributed by atoms with van der Waals surface area (Å²) in [6, 6.07) is 28.0. The number of rotatable bonds is 46. The first-order chi connectivity index (χ1) is 53.3. The van der Waals surface area contributed by atoms with E-state index in [1.54, 1.807) is 59.2 Å². The van der Waals surface area contributed by atoms with E-state index in [4.69, 9.17) is 75.1 Å². The van der Waals surface area contributed by atoms with Crippen LogP contribution in [0.3, 0.4) is 0 Å². The number of thioether (sulfide) groups is 1. The van der Waals surface area contributed by atoms with Crippen molar-refractivity contribution in [3.05, 3.63) is 124 Å². The largest absolute Gasteiger partial charge is 0.480 e. The Labute approximate surface area is 661 Å². The zero-order valence-electron chi connectivity index (χ0n) is 62.8. The maximum Gasteiger partial charge on any atom is 0.415 e. The van der Waals surface area contributed by atoms with Crippen molar-refractivity contribution in [2.75, 3.05) is 186 Å². The highest BCUT2D eigenvalue weighted by Crippen LogP contribution is 2.49. The number of thiophene rings is 1. The number of hydrogen-bond acceptors (Lipinski definition) is 22. The molecular weight excluding hydrogens is 1520 g/mol. The molecule has 5 aromatic carbocycles. The van der Waals surface area contributed by atoms with E-state index >= 15 is 0 Å². The molecule has 110 heavy (non-hydrogen) atoms. The number of carbonyl (C=O) groups excluding carboxylic acids is 9. The molecule has 2 N–H and O–H groups in total. The van der Waals surface area contributed by atoms with E-state index in [-0.39, 0.29) is 168 Å². The summed E-state index contributed by atoms with van der Waals surface area (Å²) < 4.78 is 61.7. The molecule has 0 aliphatic carbocycles. The number of amides is 8. The Morgan fingerprint density at radius 1 is 0.609 bits per heavy atom. The van der Waals surface area contributed by atoms with Gasteiger partial charge in [-0.1, -0.05) is 81.4 Å². The molecule has 0 spiro atoms. The van der Waals surface area contributed by atoms with Crippen molar-refractivity contribution in [1.29, 1.82) is 0 Å². The van der Waals surface area contributed by atoms with Crippen LogP contribution in [0.2, 0.25) is 0 Å². The molecule has 0 bridgehead atoms. The summed E-state index contributed by atoms with van der Waals surface area (Å²) in [7, 11) is 5.29. The SMILES string of the molecule is COCCN(CCN(CCOC)C(=O)Oc1cc2c(c3ccccc13)[C@H](CCl)CN2C(=O)c1ccc(C(=O)N2C[C@@H](CCl)c3c2cc(OP)c2ccccc32)s1)C(=O)OCc1ccc(NC(=O)[C@H](C)CC(=O)[C@@H](NC(=O)CCOCCOCCOCCOCCOCCOCCN2C(=O)CC(SC)C2=O)C(C)C)cc1. The second-order valence-electron chi connectivity index (χ2n) is 26.7. The first-order valence-corrected chi connectivity index (χ1v) is 40.2. The van der Waals surface area contributed by atoms with Gasteiger partial charge in [0, 0.05) is 131 Å². The van der Waals surface area contributed by atoms with Crippen LogP contribution >= 0.6 is 55.8 Å². The summed E-state index contributed by atoms with van der Waals surface area (Å²) in [5.74, 6) is -2.18. The Morgan fingerprint density at radius 2 is 1.09 bits per heavy atom. The van der Waals surface area contributed by atoms with Crippen LogP contribution in [0.15, 0.2) is 97.1 Å². The fourth-order valence-electron chi connectivity index (χ4n) is 13.0. The van der Waals surface area contributed by atoms with Crippen LogP contribution in [0, 0.1) is 11.8 Å². The number of hydrogen-bond donors (Lipinski definition) is 2. The molecule has 4 heterocycles. The lowest BCUT2D eigenvalue weighted by Crippen LogP contribution is -2.45. The van der Waals surface area contributed by atoms with Crippen LogP contribution in [0.25, 0.3) is 21.5 Å². The van der Waals surface area contributed by atoms with Gasteiger partial charge < -0.3 is 82.1 Å².